The van der Waals surface area contributed by atoms with Crippen molar-refractivity contribution in [2.45, 2.75) is 25.7 Å². The van der Waals surface area contributed by atoms with Gasteiger partial charge in [0.05, 0.1) is 0 Å². The van der Waals surface area contributed by atoms with Gasteiger partial charge in [0.15, 0.2) is 0 Å². The fraction of sp³-hybridized carbons (Fsp3) is 0.462. The first-order valence-electron chi connectivity index (χ1n) is 5.93. The Hall–Kier alpha value is -0.730. The highest BCUT2D eigenvalue weighted by atomic mass is 35.5. The molecule has 0 bridgehead atoms. The summed E-state index contributed by atoms with van der Waals surface area (Å²) in [5.41, 5.74) is 0.978. The third-order valence-electron chi connectivity index (χ3n) is 3.11. The minimum Gasteiger partial charge on any atom is -0.360 e. The molecule has 1 heterocycles. The number of nitrogens with one attached hydrogen (secondary N) is 1. The molecule has 17 heavy (non-hydrogen) atoms. The number of hydrogen-bond acceptors (Lipinski definition) is 1. The highest BCUT2D eigenvalue weighted by molar-refractivity contribution is 6.35. The van der Waals surface area contributed by atoms with Crippen LogP contribution in [0.1, 0.15) is 24.8 Å². The predicted molar refractivity (Wildman–Crippen MR) is 73.3 cm³/mol. The molecule has 1 saturated heterocycles. The minimum atomic E-state index is 0.593. The molecule has 2 rings (SSSR count). The van der Waals surface area contributed by atoms with Crippen LogP contribution in [0.5, 0.6) is 0 Å². The third-order valence-corrected chi connectivity index (χ3v) is 3.70. The number of rotatable bonds is 2. The molecule has 2 nitrogen and oxygen atoms in total. The van der Waals surface area contributed by atoms with Crippen LogP contribution in [0.15, 0.2) is 18.2 Å². The second kappa shape index (κ2) is 5.74. The SMILES string of the molecule is N=C(Cc1ccc(Cl)cc1Cl)N1CCCCC1. The summed E-state index contributed by atoms with van der Waals surface area (Å²) in [4.78, 5) is 2.15. The molecule has 1 fully saturated rings. The van der Waals surface area contributed by atoms with Crippen LogP contribution in [0.4, 0.5) is 0 Å². The lowest BCUT2D eigenvalue weighted by Crippen LogP contribution is -2.36. The molecule has 1 aliphatic rings. The van der Waals surface area contributed by atoms with Crippen LogP contribution in [0, 0.1) is 5.41 Å². The van der Waals surface area contributed by atoms with Crippen molar-refractivity contribution in [2.24, 2.45) is 0 Å². The molecule has 0 atom stereocenters. The number of halogens is 2. The first-order valence-corrected chi connectivity index (χ1v) is 6.69. The Morgan fingerprint density at radius 2 is 1.88 bits per heavy atom. The fourth-order valence-corrected chi connectivity index (χ4v) is 2.60. The van der Waals surface area contributed by atoms with Gasteiger partial charge in [-0.15, -0.1) is 0 Å². The van der Waals surface area contributed by atoms with E-state index in [4.69, 9.17) is 28.6 Å². The topological polar surface area (TPSA) is 27.1 Å². The highest BCUT2D eigenvalue weighted by Crippen LogP contribution is 2.22. The largest absolute Gasteiger partial charge is 0.360 e. The van der Waals surface area contributed by atoms with Gasteiger partial charge in [-0.25, -0.2) is 0 Å². The van der Waals surface area contributed by atoms with E-state index in [1.54, 1.807) is 6.07 Å². The minimum absolute atomic E-state index is 0.593. The molecule has 0 saturated carbocycles. The van der Waals surface area contributed by atoms with Crippen molar-refractivity contribution in [1.29, 1.82) is 5.41 Å². The van der Waals surface area contributed by atoms with Gasteiger partial charge in [-0.05, 0) is 37.0 Å². The molecule has 0 unspecified atom stereocenters. The molecule has 1 aromatic rings. The Labute approximate surface area is 112 Å². The second-order valence-corrected chi connectivity index (χ2v) is 5.25. The van der Waals surface area contributed by atoms with Crippen LogP contribution in [0.3, 0.4) is 0 Å². The highest BCUT2D eigenvalue weighted by Gasteiger charge is 2.14. The number of piperidine rings is 1. The number of nitrogens with zero attached hydrogens (tertiary/aromatic N) is 1. The Bertz CT molecular complexity index is 412. The van der Waals surface area contributed by atoms with Gasteiger partial charge in [0, 0.05) is 29.6 Å². The van der Waals surface area contributed by atoms with E-state index >= 15 is 0 Å². The van der Waals surface area contributed by atoms with Crippen molar-refractivity contribution in [1.82, 2.24) is 4.90 Å². The number of likely N-dealkylation sites (tertiary alicyclic amines) is 1. The molecule has 0 spiro atoms. The number of benzene rings is 1. The van der Waals surface area contributed by atoms with E-state index in [-0.39, 0.29) is 0 Å². The second-order valence-electron chi connectivity index (χ2n) is 4.41. The maximum absolute atomic E-state index is 8.11. The summed E-state index contributed by atoms with van der Waals surface area (Å²) in [7, 11) is 0. The summed E-state index contributed by atoms with van der Waals surface area (Å²) in [6, 6.07) is 5.47. The first-order chi connectivity index (χ1) is 8.16. The lowest BCUT2D eigenvalue weighted by Gasteiger charge is -2.29. The van der Waals surface area contributed by atoms with Crippen molar-refractivity contribution in [3.8, 4) is 0 Å². The lowest BCUT2D eigenvalue weighted by molar-refractivity contribution is 0.336. The molecule has 0 amide bonds. The number of hydrogen-bond donors (Lipinski definition) is 1. The average molecular weight is 271 g/mol. The van der Waals surface area contributed by atoms with Crippen molar-refractivity contribution < 1.29 is 0 Å². The summed E-state index contributed by atoms with van der Waals surface area (Å²) in [5.74, 6) is 0.661. The van der Waals surface area contributed by atoms with Crippen molar-refractivity contribution in [3.63, 3.8) is 0 Å². The summed E-state index contributed by atoms with van der Waals surface area (Å²) < 4.78 is 0. The van der Waals surface area contributed by atoms with Crippen LogP contribution in [-0.4, -0.2) is 23.8 Å². The standard InChI is InChI=1S/C13H16Cl2N2/c14-11-5-4-10(12(15)9-11)8-13(16)17-6-2-1-3-7-17/h4-5,9,16H,1-3,6-8H2. The Kier molecular flexibility index (Phi) is 4.30. The Morgan fingerprint density at radius 1 is 1.18 bits per heavy atom. The van der Waals surface area contributed by atoms with Gasteiger partial charge in [0.25, 0.3) is 0 Å². The maximum atomic E-state index is 8.11. The molecule has 1 N–H and O–H groups in total. The van der Waals surface area contributed by atoms with E-state index < -0.39 is 0 Å². The molecular formula is C13H16Cl2N2. The quantitative estimate of drug-likeness (QED) is 0.638. The molecule has 0 aromatic heterocycles. The van der Waals surface area contributed by atoms with E-state index in [2.05, 4.69) is 4.90 Å². The molecule has 4 heteroatoms. The first kappa shape index (κ1) is 12.7. The van der Waals surface area contributed by atoms with Crippen LogP contribution in [0.25, 0.3) is 0 Å². The normalized spacial score (nSPS) is 16.0. The van der Waals surface area contributed by atoms with Gasteiger partial charge < -0.3 is 4.90 Å². The maximum Gasteiger partial charge on any atom is 0.100 e. The number of amidine groups is 1. The van der Waals surface area contributed by atoms with Gasteiger partial charge in [0.1, 0.15) is 5.84 Å². The van der Waals surface area contributed by atoms with Gasteiger partial charge >= 0.3 is 0 Å². The third kappa shape index (κ3) is 3.36. The van der Waals surface area contributed by atoms with Crippen molar-refractivity contribution in [3.05, 3.63) is 33.8 Å². The zero-order chi connectivity index (χ0) is 12.3. The van der Waals surface area contributed by atoms with E-state index in [1.165, 1.54) is 19.3 Å². The van der Waals surface area contributed by atoms with E-state index in [0.29, 0.717) is 22.3 Å². The van der Waals surface area contributed by atoms with Crippen LogP contribution in [0.2, 0.25) is 10.0 Å². The zero-order valence-corrected chi connectivity index (χ0v) is 11.2. The zero-order valence-electron chi connectivity index (χ0n) is 9.68. The average Bonchev–Trinajstić information content (AvgIpc) is 2.34. The van der Waals surface area contributed by atoms with Gasteiger partial charge in [-0.2, -0.15) is 0 Å². The molecule has 92 valence electrons. The smallest absolute Gasteiger partial charge is 0.100 e. The molecule has 1 aromatic carbocycles. The lowest BCUT2D eigenvalue weighted by atomic mass is 10.1. The van der Waals surface area contributed by atoms with Gasteiger partial charge in [0.2, 0.25) is 0 Å². The van der Waals surface area contributed by atoms with Crippen molar-refractivity contribution in [2.75, 3.05) is 13.1 Å². The molecule has 0 aliphatic carbocycles. The fourth-order valence-electron chi connectivity index (χ4n) is 2.12. The van der Waals surface area contributed by atoms with Gasteiger partial charge in [-0.3, -0.25) is 5.41 Å². The summed E-state index contributed by atoms with van der Waals surface area (Å²) in [5, 5.41) is 9.40. The summed E-state index contributed by atoms with van der Waals surface area (Å²) in [6.07, 6.45) is 4.26. The van der Waals surface area contributed by atoms with E-state index in [1.807, 2.05) is 12.1 Å². The van der Waals surface area contributed by atoms with E-state index in [0.717, 1.165) is 18.7 Å². The predicted octanol–water partition coefficient (Wildman–Crippen LogP) is 4.00. The van der Waals surface area contributed by atoms with Crippen LogP contribution < -0.4 is 0 Å². The van der Waals surface area contributed by atoms with Crippen LogP contribution >= 0.6 is 23.2 Å². The Morgan fingerprint density at radius 3 is 2.53 bits per heavy atom. The van der Waals surface area contributed by atoms with Crippen LogP contribution in [-0.2, 0) is 6.42 Å². The van der Waals surface area contributed by atoms with E-state index in [9.17, 15) is 0 Å². The molecular weight excluding hydrogens is 255 g/mol. The summed E-state index contributed by atoms with van der Waals surface area (Å²) >= 11 is 12.0. The Balaban J connectivity index is 2.02. The monoisotopic (exact) mass is 270 g/mol. The molecule has 1 aliphatic heterocycles. The summed E-state index contributed by atoms with van der Waals surface area (Å²) in [6.45, 7) is 2.01. The van der Waals surface area contributed by atoms with Gasteiger partial charge in [-0.1, -0.05) is 29.3 Å². The van der Waals surface area contributed by atoms with Crippen molar-refractivity contribution >= 4 is 29.0 Å². The molecule has 0 radical (unpaired) electrons.